The standard InChI is InChI=1S/C20H19F3N2O3/c1-19(18(26)27,13-4-3-5-14(8-13)20(21,22)23)25-11-12-10-24-17-7-6-15(28-2)9-16(12)17/h3-10,24-25H,11H2,1-2H3,(H,26,27). The number of carboxylic acids is 1. The fourth-order valence-electron chi connectivity index (χ4n) is 3.01. The van der Waals surface area contributed by atoms with Crippen LogP contribution in [0, 0.1) is 0 Å². The molecule has 3 rings (SSSR count). The largest absolute Gasteiger partial charge is 0.497 e. The summed E-state index contributed by atoms with van der Waals surface area (Å²) in [4.78, 5) is 15.0. The minimum Gasteiger partial charge on any atom is -0.497 e. The number of alkyl halides is 3. The third-order valence-corrected chi connectivity index (χ3v) is 4.80. The van der Waals surface area contributed by atoms with E-state index in [0.717, 1.165) is 28.6 Å². The Morgan fingerprint density at radius 2 is 1.89 bits per heavy atom. The van der Waals surface area contributed by atoms with E-state index in [4.69, 9.17) is 4.74 Å². The Kier molecular flexibility index (Phi) is 5.08. The molecule has 1 unspecified atom stereocenters. The van der Waals surface area contributed by atoms with Crippen molar-refractivity contribution in [2.45, 2.75) is 25.2 Å². The van der Waals surface area contributed by atoms with Gasteiger partial charge in [-0.3, -0.25) is 5.32 Å². The van der Waals surface area contributed by atoms with Crippen LogP contribution in [0.2, 0.25) is 0 Å². The summed E-state index contributed by atoms with van der Waals surface area (Å²) in [7, 11) is 1.54. The van der Waals surface area contributed by atoms with Gasteiger partial charge in [-0.05, 0) is 48.4 Å². The number of nitrogens with one attached hydrogen (secondary N) is 2. The fraction of sp³-hybridized carbons (Fsp3) is 0.250. The third-order valence-electron chi connectivity index (χ3n) is 4.80. The summed E-state index contributed by atoms with van der Waals surface area (Å²) in [6.07, 6.45) is -2.83. The topological polar surface area (TPSA) is 74.3 Å². The predicted octanol–water partition coefficient (Wildman–Crippen LogP) is 4.28. The van der Waals surface area contributed by atoms with Crippen LogP contribution in [-0.4, -0.2) is 23.2 Å². The summed E-state index contributed by atoms with van der Waals surface area (Å²) in [5.74, 6) is -0.628. The van der Waals surface area contributed by atoms with Crippen LogP contribution in [-0.2, 0) is 23.1 Å². The van der Waals surface area contributed by atoms with Gasteiger partial charge in [0, 0.05) is 23.6 Å². The smallest absolute Gasteiger partial charge is 0.416 e. The molecule has 0 radical (unpaired) electrons. The molecule has 0 saturated heterocycles. The molecule has 1 heterocycles. The molecule has 5 nitrogen and oxygen atoms in total. The molecular weight excluding hydrogens is 373 g/mol. The van der Waals surface area contributed by atoms with E-state index in [1.807, 2.05) is 12.1 Å². The lowest BCUT2D eigenvalue weighted by Crippen LogP contribution is -2.46. The van der Waals surface area contributed by atoms with Gasteiger partial charge in [-0.2, -0.15) is 13.2 Å². The number of hydrogen-bond acceptors (Lipinski definition) is 3. The SMILES string of the molecule is COc1ccc2[nH]cc(CNC(C)(C(=O)O)c3cccc(C(F)(F)F)c3)c2c1. The highest BCUT2D eigenvalue weighted by Crippen LogP contribution is 2.33. The zero-order chi connectivity index (χ0) is 20.5. The van der Waals surface area contributed by atoms with Crippen LogP contribution in [0.1, 0.15) is 23.6 Å². The molecule has 0 saturated carbocycles. The Morgan fingerprint density at radius 3 is 2.54 bits per heavy atom. The van der Waals surface area contributed by atoms with Crippen molar-refractivity contribution in [3.05, 3.63) is 65.4 Å². The summed E-state index contributed by atoms with van der Waals surface area (Å²) in [5.41, 5.74) is -0.964. The van der Waals surface area contributed by atoms with Gasteiger partial charge in [-0.25, -0.2) is 4.79 Å². The lowest BCUT2D eigenvalue weighted by atomic mass is 9.90. The highest BCUT2D eigenvalue weighted by molar-refractivity contribution is 5.85. The van der Waals surface area contributed by atoms with Gasteiger partial charge in [0.15, 0.2) is 0 Å². The lowest BCUT2D eigenvalue weighted by Gasteiger charge is -2.27. The predicted molar refractivity (Wildman–Crippen MR) is 98.1 cm³/mol. The number of aliphatic carboxylic acids is 1. The van der Waals surface area contributed by atoms with Crippen LogP contribution < -0.4 is 10.1 Å². The molecule has 148 valence electrons. The molecule has 3 N–H and O–H groups in total. The quantitative estimate of drug-likeness (QED) is 0.585. The maximum Gasteiger partial charge on any atom is 0.416 e. The van der Waals surface area contributed by atoms with Gasteiger partial charge < -0.3 is 14.8 Å². The van der Waals surface area contributed by atoms with E-state index in [1.165, 1.54) is 19.1 Å². The first-order valence-electron chi connectivity index (χ1n) is 8.45. The van der Waals surface area contributed by atoms with Crippen molar-refractivity contribution in [2.24, 2.45) is 0 Å². The van der Waals surface area contributed by atoms with Crippen molar-refractivity contribution in [3.63, 3.8) is 0 Å². The first-order valence-corrected chi connectivity index (χ1v) is 8.45. The Balaban J connectivity index is 1.93. The summed E-state index contributed by atoms with van der Waals surface area (Å²) < 4.78 is 44.3. The third kappa shape index (κ3) is 3.68. The Bertz CT molecular complexity index is 1010. The van der Waals surface area contributed by atoms with Gasteiger partial charge in [-0.1, -0.05) is 12.1 Å². The highest BCUT2D eigenvalue weighted by Gasteiger charge is 2.38. The van der Waals surface area contributed by atoms with E-state index in [2.05, 4.69) is 10.3 Å². The Labute approximate surface area is 159 Å². The summed E-state index contributed by atoms with van der Waals surface area (Å²) in [5, 5.41) is 13.5. The van der Waals surface area contributed by atoms with Crippen LogP contribution in [0.15, 0.2) is 48.7 Å². The lowest BCUT2D eigenvalue weighted by molar-refractivity contribution is -0.145. The van der Waals surface area contributed by atoms with Crippen molar-refractivity contribution >= 4 is 16.9 Å². The molecule has 1 atom stereocenters. The average Bonchev–Trinajstić information content (AvgIpc) is 3.07. The number of carbonyl (C=O) groups is 1. The number of aromatic nitrogens is 1. The molecule has 8 heteroatoms. The first-order chi connectivity index (χ1) is 13.1. The van der Waals surface area contributed by atoms with E-state index in [0.29, 0.717) is 5.75 Å². The fourth-order valence-corrected chi connectivity index (χ4v) is 3.01. The minimum absolute atomic E-state index is 0.0206. The molecule has 0 spiro atoms. The van der Waals surface area contributed by atoms with Crippen LogP contribution in [0.4, 0.5) is 13.2 Å². The molecule has 0 aliphatic heterocycles. The maximum absolute atomic E-state index is 13.0. The van der Waals surface area contributed by atoms with Gasteiger partial charge in [0.05, 0.1) is 12.7 Å². The zero-order valence-corrected chi connectivity index (χ0v) is 15.2. The highest BCUT2D eigenvalue weighted by atomic mass is 19.4. The van der Waals surface area contributed by atoms with E-state index >= 15 is 0 Å². The van der Waals surface area contributed by atoms with Crippen molar-refractivity contribution in [2.75, 3.05) is 7.11 Å². The van der Waals surface area contributed by atoms with Gasteiger partial charge >= 0.3 is 12.1 Å². The van der Waals surface area contributed by atoms with Crippen LogP contribution in [0.5, 0.6) is 5.75 Å². The summed E-state index contributed by atoms with van der Waals surface area (Å²) in [6.45, 7) is 1.48. The monoisotopic (exact) mass is 392 g/mol. The molecule has 2 aromatic carbocycles. The summed E-state index contributed by atoms with van der Waals surface area (Å²) >= 11 is 0. The van der Waals surface area contributed by atoms with Gasteiger partial charge in [-0.15, -0.1) is 0 Å². The normalized spacial score (nSPS) is 14.0. The number of carboxylic acid groups (broad SMARTS) is 1. The number of ether oxygens (including phenoxy) is 1. The number of halogens is 3. The van der Waals surface area contributed by atoms with Crippen molar-refractivity contribution in [1.29, 1.82) is 0 Å². The minimum atomic E-state index is -4.55. The first kappa shape index (κ1) is 19.8. The number of fused-ring (bicyclic) bond motifs is 1. The molecule has 0 fully saturated rings. The van der Waals surface area contributed by atoms with Crippen molar-refractivity contribution < 1.29 is 27.8 Å². The van der Waals surface area contributed by atoms with Crippen LogP contribution in [0.3, 0.4) is 0 Å². The molecule has 28 heavy (non-hydrogen) atoms. The number of H-pyrrole nitrogens is 1. The Morgan fingerprint density at radius 1 is 1.18 bits per heavy atom. The van der Waals surface area contributed by atoms with E-state index < -0.39 is 23.2 Å². The number of benzene rings is 2. The summed E-state index contributed by atoms with van der Waals surface area (Å²) in [6, 6.07) is 9.79. The van der Waals surface area contributed by atoms with E-state index in [9.17, 15) is 23.1 Å². The molecule has 3 aromatic rings. The van der Waals surface area contributed by atoms with Crippen molar-refractivity contribution in [3.8, 4) is 5.75 Å². The van der Waals surface area contributed by atoms with Gasteiger partial charge in [0.1, 0.15) is 11.3 Å². The van der Waals surface area contributed by atoms with E-state index in [1.54, 1.807) is 19.4 Å². The molecule has 0 aliphatic rings. The molecule has 0 bridgehead atoms. The number of methoxy groups -OCH3 is 1. The molecule has 1 aromatic heterocycles. The van der Waals surface area contributed by atoms with Crippen LogP contribution >= 0.6 is 0 Å². The number of rotatable bonds is 6. The molecule has 0 amide bonds. The number of aromatic amines is 1. The van der Waals surface area contributed by atoms with E-state index in [-0.39, 0.29) is 12.1 Å². The zero-order valence-electron chi connectivity index (χ0n) is 15.2. The maximum atomic E-state index is 13.0. The van der Waals surface area contributed by atoms with Gasteiger partial charge in [0.2, 0.25) is 0 Å². The molecular formula is C20H19F3N2O3. The second-order valence-electron chi connectivity index (χ2n) is 6.59. The Hall–Kier alpha value is -3.00. The molecule has 0 aliphatic carbocycles. The average molecular weight is 392 g/mol. The number of hydrogen-bond donors (Lipinski definition) is 3. The van der Waals surface area contributed by atoms with Crippen molar-refractivity contribution in [1.82, 2.24) is 10.3 Å². The van der Waals surface area contributed by atoms with Crippen LogP contribution in [0.25, 0.3) is 10.9 Å². The van der Waals surface area contributed by atoms with Gasteiger partial charge in [0.25, 0.3) is 0 Å². The second kappa shape index (κ2) is 7.20. The second-order valence-corrected chi connectivity index (χ2v) is 6.59.